The highest BCUT2D eigenvalue weighted by atomic mass is 19.4. The van der Waals surface area contributed by atoms with Gasteiger partial charge < -0.3 is 26.4 Å². The number of halogens is 5. The van der Waals surface area contributed by atoms with Gasteiger partial charge in [-0.05, 0) is 19.1 Å². The van der Waals surface area contributed by atoms with Crippen molar-refractivity contribution >= 4 is 23.1 Å². The maximum Gasteiger partial charge on any atom is 0.428 e. The first-order valence-electron chi connectivity index (χ1n) is 10.4. The summed E-state index contributed by atoms with van der Waals surface area (Å²) < 4.78 is 72.8. The number of aryl methyl sites for hydroxylation is 1. The predicted octanol–water partition coefficient (Wildman–Crippen LogP) is 2.23. The van der Waals surface area contributed by atoms with Gasteiger partial charge >= 0.3 is 6.18 Å². The van der Waals surface area contributed by atoms with E-state index in [-0.39, 0.29) is 40.7 Å². The highest BCUT2D eigenvalue weighted by Crippen LogP contribution is 2.31. The molecule has 2 heterocycles. The molecule has 1 aromatic carbocycles. The number of nitrogens with zero attached hydrogens (tertiary/aromatic N) is 4. The normalized spacial score (nSPS) is 14.4. The molecule has 1 atom stereocenters. The summed E-state index contributed by atoms with van der Waals surface area (Å²) in [6, 6.07) is 7.35. The average molecular weight is 525 g/mol. The van der Waals surface area contributed by atoms with Gasteiger partial charge in [0, 0.05) is 11.6 Å². The van der Waals surface area contributed by atoms with Gasteiger partial charge in [-0.3, -0.25) is 9.79 Å². The zero-order chi connectivity index (χ0) is 27.4. The fraction of sp³-hybridized carbons (Fsp3) is 0.227. The number of hydrogen-bond acceptors (Lipinski definition) is 9. The maximum atomic E-state index is 14.5. The number of aliphatic hydroxyl groups is 1. The lowest BCUT2D eigenvalue weighted by Gasteiger charge is -2.27. The van der Waals surface area contributed by atoms with Crippen molar-refractivity contribution in [2.24, 2.45) is 16.5 Å². The molecule has 2 aromatic heterocycles. The number of alkyl halides is 3. The summed E-state index contributed by atoms with van der Waals surface area (Å²) in [5.74, 6) is -4.87. The SMILES string of the molecule is Cc1nc(C(N)=CC(=NCc2ccccc2F)c2ccon2)nc(NC[C@](O)(C(N)=O)C(F)(F)F)c1F. The van der Waals surface area contributed by atoms with Gasteiger partial charge in [0.15, 0.2) is 17.5 Å². The lowest BCUT2D eigenvalue weighted by Crippen LogP contribution is -2.59. The first-order chi connectivity index (χ1) is 17.3. The highest BCUT2D eigenvalue weighted by molar-refractivity contribution is 6.10. The van der Waals surface area contributed by atoms with Crippen LogP contribution in [-0.4, -0.2) is 50.2 Å². The van der Waals surface area contributed by atoms with Crippen molar-refractivity contribution in [1.29, 1.82) is 0 Å². The fourth-order valence-electron chi connectivity index (χ4n) is 2.90. The Morgan fingerprint density at radius 3 is 2.49 bits per heavy atom. The molecule has 0 fully saturated rings. The molecule has 0 aliphatic rings. The molecule has 0 saturated heterocycles. The Bertz CT molecular complexity index is 1340. The molecule has 0 radical (unpaired) electrons. The number of amides is 1. The minimum atomic E-state index is -5.45. The van der Waals surface area contributed by atoms with Gasteiger partial charge in [-0.25, -0.2) is 18.7 Å². The van der Waals surface area contributed by atoms with Gasteiger partial charge in [-0.15, -0.1) is 0 Å². The van der Waals surface area contributed by atoms with Crippen molar-refractivity contribution < 1.29 is 36.4 Å². The summed E-state index contributed by atoms with van der Waals surface area (Å²) in [5, 5.41) is 15.4. The van der Waals surface area contributed by atoms with Crippen LogP contribution >= 0.6 is 0 Å². The molecule has 10 nitrogen and oxygen atoms in total. The van der Waals surface area contributed by atoms with Gasteiger partial charge in [0.1, 0.15) is 17.8 Å². The van der Waals surface area contributed by atoms with Crippen LogP contribution in [0.25, 0.3) is 5.70 Å². The summed E-state index contributed by atoms with van der Waals surface area (Å²) in [6.45, 7) is -0.456. The van der Waals surface area contributed by atoms with Crippen LogP contribution in [0.15, 0.2) is 52.2 Å². The van der Waals surface area contributed by atoms with Crippen LogP contribution in [0, 0.1) is 18.6 Å². The Kier molecular flexibility index (Phi) is 7.86. The van der Waals surface area contributed by atoms with Gasteiger partial charge in [0.2, 0.25) is 0 Å². The zero-order valence-electron chi connectivity index (χ0n) is 19.1. The number of hydrogen-bond donors (Lipinski definition) is 4. The van der Waals surface area contributed by atoms with E-state index in [1.807, 2.05) is 5.32 Å². The van der Waals surface area contributed by atoms with E-state index in [0.29, 0.717) is 0 Å². The molecule has 0 unspecified atom stereocenters. The molecule has 0 saturated carbocycles. The zero-order valence-corrected chi connectivity index (χ0v) is 19.1. The van der Waals surface area contributed by atoms with Gasteiger partial charge in [-0.1, -0.05) is 23.4 Å². The summed E-state index contributed by atoms with van der Waals surface area (Å²) in [5.41, 5.74) is 6.79. The summed E-state index contributed by atoms with van der Waals surface area (Å²) in [6.07, 6.45) is -2.98. The molecule has 0 bridgehead atoms. The smallest absolute Gasteiger partial charge is 0.396 e. The third-order valence-corrected chi connectivity index (χ3v) is 5.03. The van der Waals surface area contributed by atoms with E-state index in [9.17, 15) is 31.9 Å². The minimum absolute atomic E-state index is 0.106. The fourth-order valence-corrected chi connectivity index (χ4v) is 2.90. The van der Waals surface area contributed by atoms with E-state index in [1.165, 1.54) is 43.5 Å². The van der Waals surface area contributed by atoms with Gasteiger partial charge in [0.25, 0.3) is 11.5 Å². The first-order valence-corrected chi connectivity index (χ1v) is 10.4. The summed E-state index contributed by atoms with van der Waals surface area (Å²) in [4.78, 5) is 23.2. The molecular formula is C22H20F5N7O3. The summed E-state index contributed by atoms with van der Waals surface area (Å²) >= 11 is 0. The number of aromatic nitrogens is 3. The average Bonchev–Trinajstić information content (AvgIpc) is 3.37. The lowest BCUT2D eigenvalue weighted by atomic mass is 10.0. The molecule has 15 heteroatoms. The molecule has 6 N–H and O–H groups in total. The molecule has 196 valence electrons. The Balaban J connectivity index is 1.96. The number of carbonyl (C=O) groups excluding carboxylic acids is 1. The Hall–Kier alpha value is -4.40. The number of rotatable bonds is 9. The molecule has 1 amide bonds. The Labute approximate surface area is 205 Å². The second-order valence-electron chi connectivity index (χ2n) is 7.65. The highest BCUT2D eigenvalue weighted by Gasteiger charge is 2.58. The maximum absolute atomic E-state index is 14.5. The number of nitrogens with one attached hydrogen (secondary N) is 1. The number of aliphatic imine (C=N–C) groups is 1. The van der Waals surface area contributed by atoms with Crippen LogP contribution in [0.2, 0.25) is 0 Å². The third-order valence-electron chi connectivity index (χ3n) is 5.03. The lowest BCUT2D eigenvalue weighted by molar-refractivity contribution is -0.245. The Morgan fingerprint density at radius 2 is 1.89 bits per heavy atom. The van der Waals surface area contributed by atoms with Crippen molar-refractivity contribution in [3.63, 3.8) is 0 Å². The van der Waals surface area contributed by atoms with Crippen LogP contribution in [0.1, 0.15) is 22.8 Å². The van der Waals surface area contributed by atoms with Crippen LogP contribution in [0.4, 0.5) is 27.8 Å². The van der Waals surface area contributed by atoms with E-state index in [4.69, 9.17) is 16.0 Å². The van der Waals surface area contributed by atoms with Crippen LogP contribution in [0.5, 0.6) is 0 Å². The minimum Gasteiger partial charge on any atom is -0.396 e. The monoisotopic (exact) mass is 525 g/mol. The van der Waals surface area contributed by atoms with Crippen LogP contribution < -0.4 is 16.8 Å². The molecule has 0 spiro atoms. The van der Waals surface area contributed by atoms with E-state index in [2.05, 4.69) is 20.1 Å². The van der Waals surface area contributed by atoms with Crippen molar-refractivity contribution in [3.8, 4) is 0 Å². The van der Waals surface area contributed by atoms with Crippen molar-refractivity contribution in [2.75, 3.05) is 11.9 Å². The molecule has 0 aliphatic carbocycles. The van der Waals surface area contributed by atoms with E-state index < -0.39 is 41.7 Å². The van der Waals surface area contributed by atoms with Crippen LogP contribution in [0.3, 0.4) is 0 Å². The van der Waals surface area contributed by atoms with E-state index >= 15 is 0 Å². The first kappa shape index (κ1) is 27.2. The second kappa shape index (κ2) is 10.7. The van der Waals surface area contributed by atoms with Crippen molar-refractivity contribution in [2.45, 2.75) is 25.2 Å². The largest absolute Gasteiger partial charge is 0.428 e. The van der Waals surface area contributed by atoms with E-state index in [0.717, 1.165) is 0 Å². The van der Waals surface area contributed by atoms with Gasteiger partial charge in [0.05, 0.1) is 30.2 Å². The third kappa shape index (κ3) is 6.06. The quantitative estimate of drug-likeness (QED) is 0.244. The number of allylic oxidation sites excluding steroid dienone is 1. The van der Waals surface area contributed by atoms with Crippen LogP contribution in [-0.2, 0) is 11.3 Å². The second-order valence-corrected chi connectivity index (χ2v) is 7.65. The molecule has 3 aromatic rings. The number of nitrogens with two attached hydrogens (primary N) is 2. The molecule has 37 heavy (non-hydrogen) atoms. The Morgan fingerprint density at radius 1 is 1.19 bits per heavy atom. The summed E-state index contributed by atoms with van der Waals surface area (Å²) in [7, 11) is 0. The predicted molar refractivity (Wildman–Crippen MR) is 121 cm³/mol. The van der Waals surface area contributed by atoms with E-state index in [1.54, 1.807) is 6.07 Å². The van der Waals surface area contributed by atoms with Crippen molar-refractivity contribution in [1.82, 2.24) is 15.1 Å². The number of benzene rings is 1. The number of anilines is 1. The van der Waals surface area contributed by atoms with Gasteiger partial charge in [-0.2, -0.15) is 13.2 Å². The standard InChI is InChI=1S/C22H20F5N7O3/c1-11-17(24)19(31-10-21(36,20(29)35)22(25,26)27)33-18(32-11)14(28)8-16(15-6-7-37-34-15)30-9-12-4-2-3-5-13(12)23/h2-8,36H,9-10,28H2,1H3,(H2,29,35)(H,31,32,33)/t21-/m0/s1. The number of carbonyl (C=O) groups is 1. The van der Waals surface area contributed by atoms with Crippen molar-refractivity contribution in [3.05, 3.63) is 77.1 Å². The molecular weight excluding hydrogens is 505 g/mol. The molecule has 3 rings (SSSR count). The topological polar surface area (TPSA) is 166 Å². The molecule has 0 aliphatic heterocycles. The number of primary amides is 1.